The number of aromatic nitrogens is 2. The van der Waals surface area contributed by atoms with Crippen LogP contribution in [-0.2, 0) is 6.42 Å². The SMILES string of the molecule is CC.CCCc1ccc(-c2nnc(-c3cc(F)c(OCCCO)cc3Cl)s2)cc1. The van der Waals surface area contributed by atoms with Gasteiger partial charge in [-0.1, -0.05) is 74.4 Å². The van der Waals surface area contributed by atoms with Gasteiger partial charge < -0.3 is 9.84 Å². The summed E-state index contributed by atoms with van der Waals surface area (Å²) in [4.78, 5) is 0. The number of aryl methyl sites for hydroxylation is 1. The number of ether oxygens (including phenoxy) is 1. The largest absolute Gasteiger partial charge is 0.490 e. The molecule has 0 unspecified atom stereocenters. The first-order chi connectivity index (χ1) is 14.1. The molecule has 1 N–H and O–H groups in total. The molecule has 4 nitrogen and oxygen atoms in total. The minimum Gasteiger partial charge on any atom is -0.490 e. The van der Waals surface area contributed by atoms with Crippen molar-refractivity contribution < 1.29 is 14.2 Å². The predicted octanol–water partition coefficient (Wildman–Crippen LogP) is 6.40. The van der Waals surface area contributed by atoms with Crippen LogP contribution in [0.25, 0.3) is 21.1 Å². The molecule has 156 valence electrons. The summed E-state index contributed by atoms with van der Waals surface area (Å²) in [6.07, 6.45) is 2.57. The summed E-state index contributed by atoms with van der Waals surface area (Å²) >= 11 is 7.66. The van der Waals surface area contributed by atoms with Gasteiger partial charge in [-0.05, 0) is 18.1 Å². The van der Waals surface area contributed by atoms with E-state index in [1.165, 1.54) is 29.0 Å². The lowest BCUT2D eigenvalue weighted by molar-refractivity contribution is 0.228. The van der Waals surface area contributed by atoms with Crippen LogP contribution in [0.1, 0.15) is 39.2 Å². The third-order valence-electron chi connectivity index (χ3n) is 3.98. The highest BCUT2D eigenvalue weighted by atomic mass is 35.5. The van der Waals surface area contributed by atoms with E-state index in [4.69, 9.17) is 21.4 Å². The van der Waals surface area contributed by atoms with Gasteiger partial charge in [0.2, 0.25) is 0 Å². The number of aliphatic hydroxyl groups is 1. The smallest absolute Gasteiger partial charge is 0.165 e. The predicted molar refractivity (Wildman–Crippen MR) is 118 cm³/mol. The van der Waals surface area contributed by atoms with Crippen LogP contribution in [0, 0.1) is 5.82 Å². The summed E-state index contributed by atoms with van der Waals surface area (Å²) in [6.45, 7) is 6.36. The van der Waals surface area contributed by atoms with Gasteiger partial charge in [-0.15, -0.1) is 10.2 Å². The Labute approximate surface area is 180 Å². The molecule has 7 heteroatoms. The Hall–Kier alpha value is -2.02. The van der Waals surface area contributed by atoms with Crippen molar-refractivity contribution >= 4 is 22.9 Å². The van der Waals surface area contributed by atoms with E-state index in [-0.39, 0.29) is 19.0 Å². The summed E-state index contributed by atoms with van der Waals surface area (Å²) < 4.78 is 19.6. The van der Waals surface area contributed by atoms with Crippen molar-refractivity contribution in [2.24, 2.45) is 0 Å². The van der Waals surface area contributed by atoms with Crippen LogP contribution in [0.15, 0.2) is 36.4 Å². The molecule has 0 aliphatic carbocycles. The maximum atomic E-state index is 14.3. The molecule has 2 aromatic carbocycles. The summed E-state index contributed by atoms with van der Waals surface area (Å²) in [5, 5.41) is 18.8. The second-order valence-electron chi connectivity index (χ2n) is 6.05. The zero-order chi connectivity index (χ0) is 21.2. The molecule has 0 atom stereocenters. The molecule has 0 spiro atoms. The van der Waals surface area contributed by atoms with E-state index in [1.807, 2.05) is 26.0 Å². The highest BCUT2D eigenvalue weighted by Crippen LogP contribution is 2.37. The second-order valence-corrected chi connectivity index (χ2v) is 7.43. The maximum absolute atomic E-state index is 14.3. The van der Waals surface area contributed by atoms with Crippen molar-refractivity contribution in [1.82, 2.24) is 10.2 Å². The second kappa shape index (κ2) is 11.9. The first kappa shape index (κ1) is 23.3. The Morgan fingerprint density at radius 1 is 1.10 bits per heavy atom. The van der Waals surface area contributed by atoms with Crippen LogP contribution in [0.4, 0.5) is 4.39 Å². The number of aliphatic hydroxyl groups excluding tert-OH is 1. The van der Waals surface area contributed by atoms with Crippen molar-refractivity contribution in [1.29, 1.82) is 0 Å². The van der Waals surface area contributed by atoms with Crippen molar-refractivity contribution in [3.63, 3.8) is 0 Å². The highest BCUT2D eigenvalue weighted by molar-refractivity contribution is 7.18. The monoisotopic (exact) mass is 436 g/mol. The van der Waals surface area contributed by atoms with Gasteiger partial charge in [0, 0.05) is 30.2 Å². The minimum atomic E-state index is -0.520. The summed E-state index contributed by atoms with van der Waals surface area (Å²) in [5.41, 5.74) is 2.74. The van der Waals surface area contributed by atoms with Crippen molar-refractivity contribution in [3.8, 4) is 26.9 Å². The first-order valence-electron chi connectivity index (χ1n) is 9.78. The van der Waals surface area contributed by atoms with Crippen LogP contribution in [0.2, 0.25) is 5.02 Å². The molecule has 0 saturated heterocycles. The molecular formula is C22H26ClFN2O2S. The van der Waals surface area contributed by atoms with Crippen molar-refractivity contribution in [2.45, 2.75) is 40.0 Å². The lowest BCUT2D eigenvalue weighted by Crippen LogP contribution is -2.01. The third kappa shape index (κ3) is 6.23. The first-order valence-corrected chi connectivity index (χ1v) is 11.0. The Bertz CT molecular complexity index is 900. The summed E-state index contributed by atoms with van der Waals surface area (Å²) in [7, 11) is 0. The summed E-state index contributed by atoms with van der Waals surface area (Å²) in [5.74, 6) is -0.457. The molecule has 0 saturated carbocycles. The number of rotatable bonds is 8. The van der Waals surface area contributed by atoms with Crippen LogP contribution < -0.4 is 4.74 Å². The number of halogens is 2. The van der Waals surface area contributed by atoms with E-state index in [0.29, 0.717) is 22.0 Å². The quantitative estimate of drug-likeness (QED) is 0.415. The molecule has 0 fully saturated rings. The minimum absolute atomic E-state index is 0.0135. The number of hydrogen-bond acceptors (Lipinski definition) is 5. The third-order valence-corrected chi connectivity index (χ3v) is 5.29. The Kier molecular flexibility index (Phi) is 9.51. The van der Waals surface area contributed by atoms with Crippen LogP contribution in [0.5, 0.6) is 5.75 Å². The molecule has 0 bridgehead atoms. The molecule has 29 heavy (non-hydrogen) atoms. The average molecular weight is 437 g/mol. The fraction of sp³-hybridized carbons (Fsp3) is 0.364. The lowest BCUT2D eigenvalue weighted by Gasteiger charge is -2.08. The van der Waals surface area contributed by atoms with Gasteiger partial charge in [0.05, 0.1) is 11.6 Å². The lowest BCUT2D eigenvalue weighted by atomic mass is 10.1. The van der Waals surface area contributed by atoms with E-state index < -0.39 is 5.82 Å². The van der Waals surface area contributed by atoms with Crippen molar-refractivity contribution in [3.05, 3.63) is 52.8 Å². The zero-order valence-electron chi connectivity index (χ0n) is 16.9. The van der Waals surface area contributed by atoms with E-state index >= 15 is 0 Å². The fourth-order valence-corrected chi connectivity index (χ4v) is 3.78. The van der Waals surface area contributed by atoms with Crippen LogP contribution >= 0.6 is 22.9 Å². The molecular weight excluding hydrogens is 411 g/mol. The molecule has 0 radical (unpaired) electrons. The molecule has 1 heterocycles. The molecule has 3 rings (SSSR count). The molecule has 0 aliphatic heterocycles. The number of hydrogen-bond donors (Lipinski definition) is 1. The van der Waals surface area contributed by atoms with E-state index in [2.05, 4.69) is 29.3 Å². The summed E-state index contributed by atoms with van der Waals surface area (Å²) in [6, 6.07) is 11.0. The topological polar surface area (TPSA) is 55.2 Å². The standard InChI is InChI=1S/C20H20ClFN2O2S.C2H6/c1-2-4-13-5-7-14(8-6-13)19-23-24-20(27-19)15-11-17(22)18(12-16(15)21)26-10-3-9-25;1-2/h5-8,11-12,25H,2-4,9-10H2,1H3;1-2H3. The Balaban J connectivity index is 0.00000145. The molecule has 3 aromatic rings. The van der Waals surface area contributed by atoms with Crippen molar-refractivity contribution in [2.75, 3.05) is 13.2 Å². The molecule has 0 amide bonds. The molecule has 1 aromatic heterocycles. The van der Waals surface area contributed by atoms with Gasteiger partial charge in [-0.2, -0.15) is 0 Å². The van der Waals surface area contributed by atoms with E-state index in [0.717, 1.165) is 23.4 Å². The van der Waals surface area contributed by atoms with Gasteiger partial charge in [-0.25, -0.2) is 4.39 Å². The average Bonchev–Trinajstić information content (AvgIpc) is 3.23. The van der Waals surface area contributed by atoms with Gasteiger partial charge in [0.1, 0.15) is 10.0 Å². The molecule has 0 aliphatic rings. The highest BCUT2D eigenvalue weighted by Gasteiger charge is 2.16. The van der Waals surface area contributed by atoms with E-state index in [1.54, 1.807) is 0 Å². The van der Waals surface area contributed by atoms with Gasteiger partial charge in [0.15, 0.2) is 11.6 Å². The van der Waals surface area contributed by atoms with Gasteiger partial charge in [0.25, 0.3) is 0 Å². The van der Waals surface area contributed by atoms with E-state index in [9.17, 15) is 4.39 Å². The fourth-order valence-electron chi connectivity index (χ4n) is 2.60. The normalized spacial score (nSPS) is 10.4. The number of benzene rings is 2. The maximum Gasteiger partial charge on any atom is 0.165 e. The van der Waals surface area contributed by atoms with Crippen LogP contribution in [0.3, 0.4) is 0 Å². The Morgan fingerprint density at radius 2 is 1.79 bits per heavy atom. The van der Waals surface area contributed by atoms with Gasteiger partial charge in [-0.3, -0.25) is 0 Å². The zero-order valence-corrected chi connectivity index (χ0v) is 18.5. The van der Waals surface area contributed by atoms with Gasteiger partial charge >= 0.3 is 0 Å². The Morgan fingerprint density at radius 3 is 2.45 bits per heavy atom. The van der Waals surface area contributed by atoms with Crippen LogP contribution in [-0.4, -0.2) is 28.5 Å². The number of nitrogens with zero attached hydrogens (tertiary/aromatic N) is 2.